The van der Waals surface area contributed by atoms with E-state index in [1.54, 1.807) is 25.3 Å². The summed E-state index contributed by atoms with van der Waals surface area (Å²) in [5.74, 6) is 0.406. The highest BCUT2D eigenvalue weighted by atomic mass is 32.1. The van der Waals surface area contributed by atoms with E-state index in [2.05, 4.69) is 15.4 Å². The fourth-order valence-electron chi connectivity index (χ4n) is 1.73. The Kier molecular flexibility index (Phi) is 3.28. The summed E-state index contributed by atoms with van der Waals surface area (Å²) in [5.41, 5.74) is 1.29. The zero-order valence-corrected chi connectivity index (χ0v) is 11.1. The van der Waals surface area contributed by atoms with Crippen LogP contribution in [-0.4, -0.2) is 19.7 Å². The summed E-state index contributed by atoms with van der Waals surface area (Å²) >= 11 is 1.55. The van der Waals surface area contributed by atoms with Crippen LogP contribution in [0.25, 0.3) is 0 Å². The molecule has 7 nitrogen and oxygen atoms in total. The van der Waals surface area contributed by atoms with E-state index in [1.165, 1.54) is 4.68 Å². The van der Waals surface area contributed by atoms with Crippen molar-refractivity contribution in [2.75, 3.05) is 5.32 Å². The second kappa shape index (κ2) is 4.73. The third-order valence-electron chi connectivity index (χ3n) is 2.48. The molecule has 0 saturated carbocycles. The summed E-state index contributed by atoms with van der Waals surface area (Å²) in [6.45, 7) is 3.99. The first-order valence-corrected chi connectivity index (χ1v) is 6.20. The summed E-state index contributed by atoms with van der Waals surface area (Å²) in [6.07, 6.45) is 0. The van der Waals surface area contributed by atoms with Crippen LogP contribution in [0.2, 0.25) is 0 Å². The van der Waals surface area contributed by atoms with Crippen LogP contribution in [0.5, 0.6) is 0 Å². The Labute approximate surface area is 108 Å². The number of nitrogens with one attached hydrogen (secondary N) is 1. The van der Waals surface area contributed by atoms with Crippen molar-refractivity contribution in [2.24, 2.45) is 7.05 Å². The average Bonchev–Trinajstić information content (AvgIpc) is 2.79. The number of hydrogen-bond donors (Lipinski definition) is 1. The van der Waals surface area contributed by atoms with Crippen LogP contribution >= 0.6 is 11.3 Å². The van der Waals surface area contributed by atoms with E-state index < -0.39 is 4.92 Å². The van der Waals surface area contributed by atoms with Crippen LogP contribution in [0, 0.1) is 24.0 Å². The Hall–Kier alpha value is -1.96. The fourth-order valence-corrected chi connectivity index (χ4v) is 2.34. The highest BCUT2D eigenvalue weighted by Crippen LogP contribution is 2.27. The molecular formula is C10H13N5O2S. The molecule has 0 aliphatic heterocycles. The van der Waals surface area contributed by atoms with E-state index in [1.807, 2.05) is 12.3 Å². The minimum atomic E-state index is -0.420. The molecule has 0 spiro atoms. The highest BCUT2D eigenvalue weighted by molar-refractivity contribution is 7.09. The summed E-state index contributed by atoms with van der Waals surface area (Å²) in [5, 5.41) is 20.9. The minimum absolute atomic E-state index is 0.0180. The topological polar surface area (TPSA) is 85.9 Å². The molecule has 0 aliphatic carbocycles. The third kappa shape index (κ3) is 2.33. The molecule has 0 aliphatic rings. The van der Waals surface area contributed by atoms with Crippen molar-refractivity contribution in [1.29, 1.82) is 0 Å². The Balaban J connectivity index is 2.21. The lowest BCUT2D eigenvalue weighted by Gasteiger charge is -2.03. The van der Waals surface area contributed by atoms with E-state index in [0.29, 0.717) is 18.1 Å². The second-order valence-electron chi connectivity index (χ2n) is 3.87. The standard InChI is InChI=1S/C10H13N5O2S/c1-6-9(15(16)17)10(14(3)13-6)11-4-8-5-18-7(2)12-8/h5,11H,4H2,1-3H3. The molecule has 0 radical (unpaired) electrons. The van der Waals surface area contributed by atoms with Crippen molar-refractivity contribution >= 4 is 22.8 Å². The lowest BCUT2D eigenvalue weighted by molar-refractivity contribution is -0.384. The molecule has 0 atom stereocenters. The number of nitro groups is 1. The van der Waals surface area contributed by atoms with Gasteiger partial charge in [-0.1, -0.05) is 0 Å². The molecule has 0 fully saturated rings. The van der Waals surface area contributed by atoms with E-state index >= 15 is 0 Å². The third-order valence-corrected chi connectivity index (χ3v) is 3.30. The molecule has 96 valence electrons. The van der Waals surface area contributed by atoms with Gasteiger partial charge >= 0.3 is 5.69 Å². The molecule has 2 heterocycles. The van der Waals surface area contributed by atoms with Crippen LogP contribution in [-0.2, 0) is 13.6 Å². The van der Waals surface area contributed by atoms with Crippen molar-refractivity contribution < 1.29 is 4.92 Å². The smallest absolute Gasteiger partial charge is 0.333 e. The molecule has 0 unspecified atom stereocenters. The maximum atomic E-state index is 11.0. The average molecular weight is 267 g/mol. The number of thiazole rings is 1. The Morgan fingerprint density at radius 1 is 1.56 bits per heavy atom. The molecule has 0 amide bonds. The molecule has 0 saturated heterocycles. The largest absolute Gasteiger partial charge is 0.359 e. The Bertz CT molecular complexity index is 589. The number of hydrogen-bond acceptors (Lipinski definition) is 6. The van der Waals surface area contributed by atoms with E-state index in [9.17, 15) is 10.1 Å². The number of aryl methyl sites for hydroxylation is 3. The van der Waals surface area contributed by atoms with Gasteiger partial charge in [-0.25, -0.2) is 9.67 Å². The fraction of sp³-hybridized carbons (Fsp3) is 0.400. The van der Waals surface area contributed by atoms with Crippen molar-refractivity contribution in [3.05, 3.63) is 31.9 Å². The molecule has 2 rings (SSSR count). The van der Waals surface area contributed by atoms with Gasteiger partial charge in [0.05, 0.1) is 22.2 Å². The zero-order chi connectivity index (χ0) is 13.3. The predicted molar refractivity (Wildman–Crippen MR) is 68.8 cm³/mol. The summed E-state index contributed by atoms with van der Waals surface area (Å²) in [6, 6.07) is 0. The number of anilines is 1. The summed E-state index contributed by atoms with van der Waals surface area (Å²) in [7, 11) is 1.68. The van der Waals surface area contributed by atoms with Gasteiger partial charge in [-0.3, -0.25) is 10.1 Å². The molecule has 8 heteroatoms. The minimum Gasteiger partial charge on any atom is -0.359 e. The molecule has 2 aromatic rings. The lowest BCUT2D eigenvalue weighted by Crippen LogP contribution is -2.06. The molecule has 0 aromatic carbocycles. The van der Waals surface area contributed by atoms with Crippen LogP contribution in [0.1, 0.15) is 16.4 Å². The van der Waals surface area contributed by atoms with Crippen LogP contribution in [0.4, 0.5) is 11.5 Å². The number of rotatable bonds is 4. The van der Waals surface area contributed by atoms with Gasteiger partial charge < -0.3 is 5.32 Å². The summed E-state index contributed by atoms with van der Waals surface area (Å²) in [4.78, 5) is 14.8. The number of nitrogens with zero attached hydrogens (tertiary/aromatic N) is 4. The molecule has 18 heavy (non-hydrogen) atoms. The van der Waals surface area contributed by atoms with Gasteiger partial charge in [-0.2, -0.15) is 5.10 Å². The first-order valence-electron chi connectivity index (χ1n) is 5.32. The SMILES string of the molecule is Cc1nc(CNc2c([N+](=O)[O-])c(C)nn2C)cs1. The van der Waals surface area contributed by atoms with Gasteiger partial charge in [0.15, 0.2) is 0 Å². The molecule has 0 bridgehead atoms. The van der Waals surface area contributed by atoms with E-state index in [4.69, 9.17) is 0 Å². The van der Waals surface area contributed by atoms with Gasteiger partial charge in [0, 0.05) is 12.4 Å². The second-order valence-corrected chi connectivity index (χ2v) is 4.94. The van der Waals surface area contributed by atoms with Crippen molar-refractivity contribution in [3.8, 4) is 0 Å². The number of aromatic nitrogens is 3. The zero-order valence-electron chi connectivity index (χ0n) is 10.3. The normalized spacial score (nSPS) is 10.6. The monoisotopic (exact) mass is 267 g/mol. The van der Waals surface area contributed by atoms with Crippen LogP contribution in [0.15, 0.2) is 5.38 Å². The van der Waals surface area contributed by atoms with Gasteiger partial charge in [-0.15, -0.1) is 11.3 Å². The van der Waals surface area contributed by atoms with Crippen molar-refractivity contribution in [1.82, 2.24) is 14.8 Å². The Morgan fingerprint density at radius 2 is 2.28 bits per heavy atom. The van der Waals surface area contributed by atoms with Gasteiger partial charge in [-0.05, 0) is 13.8 Å². The molecule has 1 N–H and O–H groups in total. The maximum Gasteiger partial charge on any atom is 0.333 e. The van der Waals surface area contributed by atoms with Crippen molar-refractivity contribution in [2.45, 2.75) is 20.4 Å². The van der Waals surface area contributed by atoms with E-state index in [-0.39, 0.29) is 5.69 Å². The lowest BCUT2D eigenvalue weighted by atomic mass is 10.3. The Morgan fingerprint density at radius 3 is 2.83 bits per heavy atom. The quantitative estimate of drug-likeness (QED) is 0.676. The maximum absolute atomic E-state index is 11.0. The first-order chi connectivity index (χ1) is 8.49. The first kappa shape index (κ1) is 12.5. The van der Waals surface area contributed by atoms with E-state index in [0.717, 1.165) is 10.7 Å². The summed E-state index contributed by atoms with van der Waals surface area (Å²) < 4.78 is 1.48. The predicted octanol–water partition coefficient (Wildman–Crippen LogP) is 2.01. The van der Waals surface area contributed by atoms with Crippen LogP contribution in [0.3, 0.4) is 0 Å². The van der Waals surface area contributed by atoms with Gasteiger partial charge in [0.1, 0.15) is 5.69 Å². The van der Waals surface area contributed by atoms with Gasteiger partial charge in [0.25, 0.3) is 0 Å². The highest BCUT2D eigenvalue weighted by Gasteiger charge is 2.23. The van der Waals surface area contributed by atoms with Gasteiger partial charge in [0.2, 0.25) is 5.82 Å². The van der Waals surface area contributed by atoms with Crippen molar-refractivity contribution in [3.63, 3.8) is 0 Å². The van der Waals surface area contributed by atoms with Crippen LogP contribution < -0.4 is 5.32 Å². The molecule has 2 aromatic heterocycles. The molecular weight excluding hydrogens is 254 g/mol.